The van der Waals surface area contributed by atoms with Crippen LogP contribution in [0.25, 0.3) is 0 Å². The molecule has 1 aliphatic rings. The lowest BCUT2D eigenvalue weighted by Gasteiger charge is -2.24. The van der Waals surface area contributed by atoms with Crippen LogP contribution in [0.3, 0.4) is 0 Å². The molecule has 156 valence electrons. The number of aryl methyl sites for hydroxylation is 3. The van der Waals surface area contributed by atoms with Crippen molar-refractivity contribution in [1.82, 2.24) is 15.3 Å². The highest BCUT2D eigenvalue weighted by atomic mass is 16.4. The Bertz CT molecular complexity index is 919. The quantitative estimate of drug-likeness (QED) is 0.628. The number of hydrogen-bond donors (Lipinski definition) is 2. The first-order valence-electron chi connectivity index (χ1n) is 10.5. The van der Waals surface area contributed by atoms with Crippen LogP contribution in [0, 0.1) is 13.8 Å². The van der Waals surface area contributed by atoms with Gasteiger partial charge in [-0.1, -0.05) is 19.8 Å². The Morgan fingerprint density at radius 2 is 2.00 bits per heavy atom. The molecule has 0 aromatic carbocycles. The highest BCUT2D eigenvalue weighted by Gasteiger charge is 2.25. The molecule has 2 N–H and O–H groups in total. The van der Waals surface area contributed by atoms with E-state index in [0.29, 0.717) is 30.3 Å². The highest BCUT2D eigenvalue weighted by molar-refractivity contribution is 5.95. The predicted molar refractivity (Wildman–Crippen MR) is 113 cm³/mol. The molecule has 2 aromatic heterocycles. The smallest absolute Gasteiger partial charge is 0.349 e. The van der Waals surface area contributed by atoms with E-state index in [0.717, 1.165) is 55.9 Å². The minimum atomic E-state index is -0.552. The van der Waals surface area contributed by atoms with Gasteiger partial charge >= 0.3 is 5.63 Å². The number of hydrogen-bond acceptors (Lipinski definition) is 6. The van der Waals surface area contributed by atoms with Gasteiger partial charge in [0.15, 0.2) is 0 Å². The van der Waals surface area contributed by atoms with Crippen LogP contribution in [-0.2, 0) is 6.42 Å². The first kappa shape index (κ1) is 21.0. The van der Waals surface area contributed by atoms with Crippen molar-refractivity contribution in [2.45, 2.75) is 65.2 Å². The summed E-state index contributed by atoms with van der Waals surface area (Å²) in [6, 6.07) is 3.72. The lowest BCUT2D eigenvalue weighted by atomic mass is 9.83. The number of rotatable bonds is 9. The Morgan fingerprint density at radius 3 is 2.66 bits per heavy atom. The molecule has 1 aliphatic carbocycles. The van der Waals surface area contributed by atoms with Gasteiger partial charge in [0.25, 0.3) is 5.91 Å². The number of aromatic nitrogens is 2. The van der Waals surface area contributed by atoms with Gasteiger partial charge in [-0.05, 0) is 44.7 Å². The summed E-state index contributed by atoms with van der Waals surface area (Å²) in [6.45, 7) is 6.74. The second-order valence-electron chi connectivity index (χ2n) is 7.72. The third-order valence-electron chi connectivity index (χ3n) is 5.27. The average molecular weight is 399 g/mol. The number of nitrogens with one attached hydrogen (secondary N) is 2. The van der Waals surface area contributed by atoms with E-state index in [1.165, 1.54) is 0 Å². The molecule has 29 heavy (non-hydrogen) atoms. The molecule has 2 aromatic rings. The van der Waals surface area contributed by atoms with Crippen molar-refractivity contribution in [3.05, 3.63) is 51.0 Å². The summed E-state index contributed by atoms with van der Waals surface area (Å²) >= 11 is 0. The summed E-state index contributed by atoms with van der Waals surface area (Å²) in [6.07, 6.45) is 6.26. The summed E-state index contributed by atoms with van der Waals surface area (Å²) in [7, 11) is 0. The zero-order valence-corrected chi connectivity index (χ0v) is 17.5. The maximum Gasteiger partial charge on any atom is 0.349 e. The topological polar surface area (TPSA) is 97.1 Å². The van der Waals surface area contributed by atoms with Gasteiger partial charge in [-0.2, -0.15) is 0 Å². The molecule has 1 fully saturated rings. The van der Waals surface area contributed by atoms with E-state index in [9.17, 15) is 9.59 Å². The Kier molecular flexibility index (Phi) is 7.01. The van der Waals surface area contributed by atoms with Crippen LogP contribution < -0.4 is 16.3 Å². The molecule has 1 saturated carbocycles. The summed E-state index contributed by atoms with van der Waals surface area (Å²) < 4.78 is 5.40. The van der Waals surface area contributed by atoms with Crippen molar-refractivity contribution in [3.8, 4) is 0 Å². The van der Waals surface area contributed by atoms with E-state index < -0.39 is 11.5 Å². The molecule has 7 nitrogen and oxygen atoms in total. The minimum absolute atomic E-state index is 0.0906. The molecular weight excluding hydrogens is 368 g/mol. The second kappa shape index (κ2) is 9.67. The van der Waals surface area contributed by atoms with E-state index in [2.05, 4.69) is 27.5 Å². The van der Waals surface area contributed by atoms with Crippen molar-refractivity contribution in [1.29, 1.82) is 0 Å². The third kappa shape index (κ3) is 5.43. The van der Waals surface area contributed by atoms with Crippen LogP contribution >= 0.6 is 0 Å². The number of carbonyl (C=O) groups is 1. The summed E-state index contributed by atoms with van der Waals surface area (Å²) in [5.41, 5.74) is 1.12. The van der Waals surface area contributed by atoms with Crippen LogP contribution in [-0.4, -0.2) is 29.0 Å². The van der Waals surface area contributed by atoms with Crippen LogP contribution in [0.1, 0.15) is 78.1 Å². The van der Waals surface area contributed by atoms with E-state index in [1.807, 2.05) is 19.1 Å². The van der Waals surface area contributed by atoms with Crippen molar-refractivity contribution in [3.63, 3.8) is 0 Å². The van der Waals surface area contributed by atoms with Gasteiger partial charge in [-0.3, -0.25) is 4.79 Å². The Labute approximate surface area is 171 Å². The van der Waals surface area contributed by atoms with E-state index >= 15 is 0 Å². The summed E-state index contributed by atoms with van der Waals surface area (Å²) in [4.78, 5) is 33.7. The molecule has 0 unspecified atom stereocenters. The Balaban J connectivity index is 1.54. The zero-order valence-electron chi connectivity index (χ0n) is 17.5. The highest BCUT2D eigenvalue weighted by Crippen LogP contribution is 2.36. The van der Waals surface area contributed by atoms with Crippen LogP contribution in [0.4, 0.5) is 5.82 Å². The fourth-order valence-electron chi connectivity index (χ4n) is 3.42. The maximum absolute atomic E-state index is 12.5. The standard InChI is InChI=1S/C22H30N4O3/c1-4-5-9-18-25-15(3)13-19(26-18)23-10-11-24-21(27)20-14(2)12-17(29-22(20)28)16-7-6-8-16/h12-13,16H,4-11H2,1-3H3,(H,24,27)(H,23,25,26). The zero-order chi connectivity index (χ0) is 20.8. The van der Waals surface area contributed by atoms with Crippen LogP contribution in [0.15, 0.2) is 21.3 Å². The lowest BCUT2D eigenvalue weighted by Crippen LogP contribution is -2.33. The van der Waals surface area contributed by atoms with Gasteiger partial charge in [0.05, 0.1) is 0 Å². The van der Waals surface area contributed by atoms with Crippen molar-refractivity contribution < 1.29 is 9.21 Å². The van der Waals surface area contributed by atoms with Crippen molar-refractivity contribution in [2.24, 2.45) is 0 Å². The molecule has 0 spiro atoms. The number of carbonyl (C=O) groups excluding carboxylic acids is 1. The van der Waals surface area contributed by atoms with E-state index in [4.69, 9.17) is 4.42 Å². The molecule has 7 heteroatoms. The fraction of sp³-hybridized carbons (Fsp3) is 0.545. The van der Waals surface area contributed by atoms with Gasteiger partial charge in [0.2, 0.25) is 0 Å². The molecule has 0 bridgehead atoms. The SMILES string of the molecule is CCCCc1nc(C)cc(NCCNC(=O)c2c(C)cc(C3CCC3)oc2=O)n1. The maximum atomic E-state index is 12.5. The number of unbranched alkanes of at least 4 members (excludes halogenated alkanes) is 1. The molecule has 0 atom stereocenters. The minimum Gasteiger partial charge on any atom is -0.427 e. The van der Waals surface area contributed by atoms with Gasteiger partial charge < -0.3 is 15.1 Å². The van der Waals surface area contributed by atoms with Crippen LogP contribution in [0.2, 0.25) is 0 Å². The van der Waals surface area contributed by atoms with Crippen LogP contribution in [0.5, 0.6) is 0 Å². The van der Waals surface area contributed by atoms with Gasteiger partial charge in [-0.15, -0.1) is 0 Å². The van der Waals surface area contributed by atoms with Gasteiger partial charge in [0.1, 0.15) is 23.0 Å². The Morgan fingerprint density at radius 1 is 1.21 bits per heavy atom. The summed E-state index contributed by atoms with van der Waals surface area (Å²) in [5, 5.41) is 6.00. The Hall–Kier alpha value is -2.70. The van der Waals surface area contributed by atoms with Gasteiger partial charge in [-0.25, -0.2) is 14.8 Å². The fourth-order valence-corrected chi connectivity index (χ4v) is 3.42. The molecule has 0 aliphatic heterocycles. The first-order chi connectivity index (χ1) is 14.0. The van der Waals surface area contributed by atoms with E-state index in [1.54, 1.807) is 6.92 Å². The number of anilines is 1. The first-order valence-corrected chi connectivity index (χ1v) is 10.5. The van der Waals surface area contributed by atoms with Crippen molar-refractivity contribution >= 4 is 11.7 Å². The third-order valence-corrected chi connectivity index (χ3v) is 5.27. The lowest BCUT2D eigenvalue weighted by molar-refractivity contribution is 0.0949. The van der Waals surface area contributed by atoms with Crippen molar-refractivity contribution in [2.75, 3.05) is 18.4 Å². The van der Waals surface area contributed by atoms with Gasteiger partial charge in [0, 0.05) is 37.2 Å². The molecular formula is C22H30N4O3. The summed E-state index contributed by atoms with van der Waals surface area (Å²) in [5.74, 6) is 2.20. The molecule has 3 rings (SSSR count). The molecule has 2 heterocycles. The second-order valence-corrected chi connectivity index (χ2v) is 7.72. The molecule has 0 radical (unpaired) electrons. The number of amides is 1. The largest absolute Gasteiger partial charge is 0.427 e. The number of nitrogens with zero attached hydrogens (tertiary/aromatic N) is 2. The monoisotopic (exact) mass is 398 g/mol. The molecule has 1 amide bonds. The normalized spacial score (nSPS) is 13.8. The predicted octanol–water partition coefficient (Wildman–Crippen LogP) is 3.50. The average Bonchev–Trinajstić information content (AvgIpc) is 2.61. The molecule has 0 saturated heterocycles. The van der Waals surface area contributed by atoms with E-state index in [-0.39, 0.29) is 5.56 Å².